The van der Waals surface area contributed by atoms with Gasteiger partial charge in [0.15, 0.2) is 0 Å². The van der Waals surface area contributed by atoms with E-state index < -0.39 is 0 Å². The van der Waals surface area contributed by atoms with Crippen LogP contribution >= 0.6 is 11.6 Å². The smallest absolute Gasteiger partial charge is 0.0992 e. The van der Waals surface area contributed by atoms with Gasteiger partial charge in [-0.25, -0.2) is 0 Å². The van der Waals surface area contributed by atoms with Gasteiger partial charge in [-0.3, -0.25) is 0 Å². The van der Waals surface area contributed by atoms with E-state index in [1.54, 1.807) is 18.2 Å². The molecule has 0 spiro atoms. The Labute approximate surface area is 98.1 Å². The first kappa shape index (κ1) is 11.9. The molecule has 16 heavy (non-hydrogen) atoms. The average Bonchev–Trinajstić information content (AvgIpc) is 2.28. The van der Waals surface area contributed by atoms with Crippen molar-refractivity contribution in [3.05, 3.63) is 44.8 Å². The van der Waals surface area contributed by atoms with Crippen molar-refractivity contribution in [2.45, 2.75) is 6.42 Å². The average molecular weight is 231 g/mol. The van der Waals surface area contributed by atoms with Gasteiger partial charge in [0, 0.05) is 28.5 Å². The lowest BCUT2D eigenvalue weighted by molar-refractivity contribution is 1.01. The van der Waals surface area contributed by atoms with E-state index in [-0.39, 0.29) is 0 Å². The number of benzene rings is 1. The van der Waals surface area contributed by atoms with E-state index in [9.17, 15) is 0 Å². The summed E-state index contributed by atoms with van der Waals surface area (Å²) in [6.45, 7) is 0.342. The van der Waals surface area contributed by atoms with E-state index in [2.05, 4.69) is 21.9 Å². The second-order valence-corrected chi connectivity index (χ2v) is 3.28. The van der Waals surface area contributed by atoms with Gasteiger partial charge in [-0.1, -0.05) is 28.6 Å². The van der Waals surface area contributed by atoms with Gasteiger partial charge in [0.05, 0.1) is 11.6 Å². The maximum atomic E-state index is 8.72. The molecule has 0 atom stereocenters. The molecule has 1 rings (SSSR count). The van der Waals surface area contributed by atoms with E-state index >= 15 is 0 Å². The van der Waals surface area contributed by atoms with Crippen LogP contribution in [-0.2, 0) is 0 Å². The maximum Gasteiger partial charge on any atom is 0.0992 e. The molecule has 1 aromatic rings. The predicted octanol–water partition coefficient (Wildman–Crippen LogP) is 3.26. The number of hydrogen-bond donors (Lipinski definition) is 0. The van der Waals surface area contributed by atoms with E-state index in [0.29, 0.717) is 29.1 Å². The Hall–Kier alpha value is -2.13. The Bertz CT molecular complexity index is 527. The number of hydrogen-bond acceptors (Lipinski definition) is 2. The topological polar surface area (TPSA) is 72.5 Å². The van der Waals surface area contributed by atoms with Crippen LogP contribution < -0.4 is 0 Å². The van der Waals surface area contributed by atoms with Crippen molar-refractivity contribution in [1.82, 2.24) is 0 Å². The van der Waals surface area contributed by atoms with Gasteiger partial charge < -0.3 is 0 Å². The lowest BCUT2D eigenvalue weighted by atomic mass is 10.1. The summed E-state index contributed by atoms with van der Waals surface area (Å²) in [4.78, 5) is 2.61. The number of nitrogens with zero attached hydrogens (tertiary/aromatic N) is 4. The SMILES string of the molecule is N#Cc1cc(Cl)cc(C#CCCN=[N+]=[N-])c1. The summed E-state index contributed by atoms with van der Waals surface area (Å²) in [5.41, 5.74) is 9.21. The zero-order chi connectivity index (χ0) is 11.8. The van der Waals surface area contributed by atoms with Gasteiger partial charge in [0.2, 0.25) is 0 Å². The van der Waals surface area contributed by atoms with Gasteiger partial charge in [0.25, 0.3) is 0 Å². The minimum atomic E-state index is 0.342. The van der Waals surface area contributed by atoms with Gasteiger partial charge >= 0.3 is 0 Å². The van der Waals surface area contributed by atoms with E-state index in [1.807, 2.05) is 6.07 Å². The fraction of sp³-hybridized carbons (Fsp3) is 0.182. The zero-order valence-corrected chi connectivity index (χ0v) is 9.07. The van der Waals surface area contributed by atoms with Gasteiger partial charge in [-0.15, -0.1) is 0 Å². The monoisotopic (exact) mass is 230 g/mol. The van der Waals surface area contributed by atoms with Crippen molar-refractivity contribution >= 4 is 11.6 Å². The number of halogens is 1. The van der Waals surface area contributed by atoms with E-state index in [4.69, 9.17) is 22.4 Å². The van der Waals surface area contributed by atoms with Gasteiger partial charge in [-0.2, -0.15) is 5.26 Å². The first-order valence-corrected chi connectivity index (χ1v) is 4.84. The minimum absolute atomic E-state index is 0.342. The molecular formula is C11H7ClN4. The number of nitriles is 1. The highest BCUT2D eigenvalue weighted by Crippen LogP contribution is 2.13. The molecule has 0 saturated heterocycles. The number of rotatable bonds is 2. The molecule has 0 aliphatic heterocycles. The van der Waals surface area contributed by atoms with Crippen LogP contribution in [0.3, 0.4) is 0 Å². The highest BCUT2D eigenvalue weighted by molar-refractivity contribution is 6.30. The lowest BCUT2D eigenvalue weighted by Gasteiger charge is -1.94. The molecule has 5 heteroatoms. The van der Waals surface area contributed by atoms with Gasteiger partial charge in [-0.05, 0) is 23.7 Å². The molecule has 0 saturated carbocycles. The Morgan fingerprint density at radius 3 is 2.81 bits per heavy atom. The summed E-state index contributed by atoms with van der Waals surface area (Å²) in [5.74, 6) is 5.68. The summed E-state index contributed by atoms with van der Waals surface area (Å²) in [5, 5.41) is 12.6. The largest absolute Gasteiger partial charge is 0.192 e. The fourth-order valence-corrected chi connectivity index (χ4v) is 1.28. The van der Waals surface area contributed by atoms with E-state index in [1.165, 1.54) is 0 Å². The predicted molar refractivity (Wildman–Crippen MR) is 61.7 cm³/mol. The molecular weight excluding hydrogens is 224 g/mol. The second-order valence-electron chi connectivity index (χ2n) is 2.85. The van der Waals surface area contributed by atoms with Crippen LogP contribution in [0.15, 0.2) is 23.3 Å². The standard InChI is InChI=1S/C11H7ClN4/c12-11-6-9(5-10(7-11)8-13)3-1-2-4-15-16-14/h5-7H,2,4H2. The Balaban J connectivity index is 2.77. The first-order chi connectivity index (χ1) is 7.76. The van der Waals surface area contributed by atoms with E-state index in [0.717, 1.165) is 0 Å². The van der Waals surface area contributed by atoms with Crippen molar-refractivity contribution in [3.8, 4) is 17.9 Å². The normalized spacial score (nSPS) is 8.25. The molecule has 0 aliphatic rings. The molecule has 0 heterocycles. The summed E-state index contributed by atoms with van der Waals surface area (Å²) in [6, 6.07) is 6.92. The lowest BCUT2D eigenvalue weighted by Crippen LogP contribution is -1.80. The van der Waals surface area contributed by atoms with Crippen molar-refractivity contribution < 1.29 is 0 Å². The molecule has 78 valence electrons. The Morgan fingerprint density at radius 1 is 1.38 bits per heavy atom. The second kappa shape index (κ2) is 6.37. The molecule has 0 amide bonds. The molecule has 0 fully saturated rings. The summed E-state index contributed by atoms with van der Waals surface area (Å²) < 4.78 is 0. The van der Waals surface area contributed by atoms with Crippen LogP contribution in [0.1, 0.15) is 17.5 Å². The van der Waals surface area contributed by atoms with Crippen molar-refractivity contribution in [3.63, 3.8) is 0 Å². The fourth-order valence-electron chi connectivity index (χ4n) is 1.04. The Kier molecular flexibility index (Phi) is 4.76. The third-order valence-electron chi connectivity index (χ3n) is 1.66. The van der Waals surface area contributed by atoms with Crippen LogP contribution in [0.5, 0.6) is 0 Å². The van der Waals surface area contributed by atoms with Crippen LogP contribution in [0, 0.1) is 23.2 Å². The Morgan fingerprint density at radius 2 is 2.12 bits per heavy atom. The molecule has 0 radical (unpaired) electrons. The summed E-state index contributed by atoms with van der Waals surface area (Å²) in [7, 11) is 0. The van der Waals surface area contributed by atoms with Crippen molar-refractivity contribution in [2.75, 3.05) is 6.54 Å². The van der Waals surface area contributed by atoms with Crippen LogP contribution in [0.4, 0.5) is 0 Å². The highest BCUT2D eigenvalue weighted by Gasteiger charge is 1.95. The molecule has 0 unspecified atom stereocenters. The quantitative estimate of drug-likeness (QED) is 0.253. The molecule has 0 aliphatic carbocycles. The van der Waals surface area contributed by atoms with Crippen LogP contribution in [-0.4, -0.2) is 6.54 Å². The highest BCUT2D eigenvalue weighted by atomic mass is 35.5. The number of azide groups is 1. The van der Waals surface area contributed by atoms with Crippen LogP contribution in [0.2, 0.25) is 5.02 Å². The van der Waals surface area contributed by atoms with Crippen molar-refractivity contribution in [1.29, 1.82) is 5.26 Å². The van der Waals surface area contributed by atoms with Gasteiger partial charge in [0.1, 0.15) is 0 Å². The molecule has 0 N–H and O–H groups in total. The molecule has 1 aromatic carbocycles. The third-order valence-corrected chi connectivity index (χ3v) is 1.88. The molecule has 4 nitrogen and oxygen atoms in total. The summed E-state index contributed by atoms with van der Waals surface area (Å²) >= 11 is 5.81. The molecule has 0 bridgehead atoms. The summed E-state index contributed by atoms with van der Waals surface area (Å²) in [6.07, 6.45) is 0.485. The minimum Gasteiger partial charge on any atom is -0.192 e. The maximum absolute atomic E-state index is 8.72. The third kappa shape index (κ3) is 3.94. The first-order valence-electron chi connectivity index (χ1n) is 4.46. The molecule has 0 aromatic heterocycles. The van der Waals surface area contributed by atoms with Crippen LogP contribution in [0.25, 0.3) is 10.4 Å². The zero-order valence-electron chi connectivity index (χ0n) is 8.31. The van der Waals surface area contributed by atoms with Crippen molar-refractivity contribution in [2.24, 2.45) is 5.11 Å².